The summed E-state index contributed by atoms with van der Waals surface area (Å²) in [7, 11) is 1.65. The summed E-state index contributed by atoms with van der Waals surface area (Å²) in [6.45, 7) is 5.05. The Morgan fingerprint density at radius 3 is 2.86 bits per heavy atom. The monoisotopic (exact) mass is 389 g/mol. The van der Waals surface area contributed by atoms with E-state index >= 15 is 0 Å². The summed E-state index contributed by atoms with van der Waals surface area (Å²) >= 11 is 0. The third-order valence-electron chi connectivity index (χ3n) is 5.71. The maximum Gasteiger partial charge on any atom is 0.254 e. The Balaban J connectivity index is 1.36. The van der Waals surface area contributed by atoms with E-state index in [1.807, 2.05) is 9.80 Å². The number of carbonyl (C=O) groups excluding carboxylic acids is 2. The van der Waals surface area contributed by atoms with E-state index in [4.69, 9.17) is 14.2 Å². The fourth-order valence-electron chi connectivity index (χ4n) is 4.15. The third kappa shape index (κ3) is 3.79. The number of nitrogens with zero attached hydrogens (tertiary/aromatic N) is 3. The van der Waals surface area contributed by atoms with E-state index in [1.54, 1.807) is 25.3 Å². The van der Waals surface area contributed by atoms with E-state index in [0.29, 0.717) is 49.8 Å². The molecule has 2 fully saturated rings. The van der Waals surface area contributed by atoms with Gasteiger partial charge in [-0.15, -0.1) is 0 Å². The van der Waals surface area contributed by atoms with Crippen molar-refractivity contribution in [1.82, 2.24) is 14.7 Å². The van der Waals surface area contributed by atoms with Crippen LogP contribution in [0.4, 0.5) is 0 Å². The highest BCUT2D eigenvalue weighted by Crippen LogP contribution is 2.33. The smallest absolute Gasteiger partial charge is 0.254 e. The molecule has 0 aromatic heterocycles. The molecule has 2 saturated heterocycles. The van der Waals surface area contributed by atoms with Crippen molar-refractivity contribution in [1.29, 1.82) is 0 Å². The Bertz CT molecular complexity index is 741. The van der Waals surface area contributed by atoms with Crippen molar-refractivity contribution in [3.63, 3.8) is 0 Å². The number of likely N-dealkylation sites (tertiary alicyclic amines) is 1. The van der Waals surface area contributed by atoms with Crippen LogP contribution in [0.1, 0.15) is 23.2 Å². The molecule has 3 heterocycles. The Morgan fingerprint density at radius 1 is 1.14 bits per heavy atom. The van der Waals surface area contributed by atoms with Gasteiger partial charge in [-0.2, -0.15) is 0 Å². The maximum atomic E-state index is 12.9. The van der Waals surface area contributed by atoms with Crippen molar-refractivity contribution >= 4 is 11.8 Å². The molecule has 0 N–H and O–H groups in total. The number of hydrogen-bond donors (Lipinski definition) is 0. The van der Waals surface area contributed by atoms with E-state index in [0.717, 1.165) is 25.9 Å². The molecular weight excluding hydrogens is 362 g/mol. The summed E-state index contributed by atoms with van der Waals surface area (Å²) in [6, 6.07) is 5.25. The van der Waals surface area contributed by atoms with Gasteiger partial charge in [-0.25, -0.2) is 0 Å². The topological polar surface area (TPSA) is 71.6 Å². The zero-order chi connectivity index (χ0) is 19.5. The van der Waals surface area contributed by atoms with Gasteiger partial charge in [0.15, 0.2) is 11.5 Å². The molecule has 8 nitrogen and oxygen atoms in total. The summed E-state index contributed by atoms with van der Waals surface area (Å²) in [5.74, 6) is 1.48. The molecule has 3 aliphatic rings. The van der Waals surface area contributed by atoms with Gasteiger partial charge < -0.3 is 24.0 Å². The fraction of sp³-hybridized carbons (Fsp3) is 0.600. The molecule has 2 amide bonds. The molecule has 0 aliphatic carbocycles. The molecule has 0 saturated carbocycles. The van der Waals surface area contributed by atoms with Crippen molar-refractivity contribution in [2.45, 2.75) is 18.9 Å². The number of carbonyl (C=O) groups is 2. The number of benzene rings is 1. The van der Waals surface area contributed by atoms with Crippen LogP contribution in [0.5, 0.6) is 11.5 Å². The first kappa shape index (κ1) is 19.0. The van der Waals surface area contributed by atoms with Crippen LogP contribution >= 0.6 is 0 Å². The lowest BCUT2D eigenvalue weighted by molar-refractivity contribution is -0.132. The molecule has 1 aromatic rings. The van der Waals surface area contributed by atoms with E-state index in [9.17, 15) is 9.59 Å². The number of rotatable bonds is 5. The summed E-state index contributed by atoms with van der Waals surface area (Å²) in [4.78, 5) is 31.6. The summed E-state index contributed by atoms with van der Waals surface area (Å²) < 4.78 is 15.8. The molecule has 3 aliphatic heterocycles. The standard InChI is InChI=1S/C20H27N3O5/c1-26-12-11-23-8-5-16(20(23)25)21-6-2-7-22(10-9-21)19(24)15-3-4-17-18(13-15)28-14-27-17/h3-4,13,16H,2,5-12,14H2,1H3. The second-order valence-electron chi connectivity index (χ2n) is 7.37. The highest BCUT2D eigenvalue weighted by atomic mass is 16.7. The molecule has 1 atom stereocenters. The lowest BCUT2D eigenvalue weighted by atomic mass is 10.1. The SMILES string of the molecule is COCCN1CCC(N2CCCN(C(=O)c3ccc4c(c3)OCO4)CC2)C1=O. The van der Waals surface area contributed by atoms with Gasteiger partial charge in [0.1, 0.15) is 0 Å². The second kappa shape index (κ2) is 8.36. The zero-order valence-electron chi connectivity index (χ0n) is 16.3. The van der Waals surface area contributed by atoms with Crippen molar-refractivity contribution in [3.05, 3.63) is 23.8 Å². The first-order valence-corrected chi connectivity index (χ1v) is 9.88. The minimum atomic E-state index is -0.0718. The number of hydrogen-bond acceptors (Lipinski definition) is 6. The van der Waals surface area contributed by atoms with Crippen molar-refractivity contribution in [3.8, 4) is 11.5 Å². The molecule has 8 heteroatoms. The lowest BCUT2D eigenvalue weighted by Crippen LogP contribution is -2.44. The van der Waals surface area contributed by atoms with E-state index in [-0.39, 0.29) is 24.6 Å². The molecule has 0 radical (unpaired) electrons. The van der Waals surface area contributed by atoms with Crippen molar-refractivity contribution in [2.24, 2.45) is 0 Å². The van der Waals surface area contributed by atoms with Crippen molar-refractivity contribution in [2.75, 3.05) is 59.8 Å². The third-order valence-corrected chi connectivity index (χ3v) is 5.71. The fourth-order valence-corrected chi connectivity index (χ4v) is 4.15. The lowest BCUT2D eigenvalue weighted by Gasteiger charge is -2.26. The Labute approximate surface area is 164 Å². The quantitative estimate of drug-likeness (QED) is 0.742. The number of methoxy groups -OCH3 is 1. The Morgan fingerprint density at radius 2 is 2.00 bits per heavy atom. The molecule has 0 bridgehead atoms. The minimum Gasteiger partial charge on any atom is -0.454 e. The van der Waals surface area contributed by atoms with Crippen LogP contribution in [0.15, 0.2) is 18.2 Å². The number of ether oxygens (including phenoxy) is 3. The Kier molecular flexibility index (Phi) is 5.68. The first-order valence-electron chi connectivity index (χ1n) is 9.88. The predicted molar refractivity (Wildman–Crippen MR) is 102 cm³/mol. The normalized spacial score (nSPS) is 22.6. The maximum absolute atomic E-state index is 12.9. The highest BCUT2D eigenvalue weighted by molar-refractivity contribution is 5.95. The van der Waals surface area contributed by atoms with Crippen LogP contribution in [0.3, 0.4) is 0 Å². The van der Waals surface area contributed by atoms with E-state index in [2.05, 4.69) is 4.90 Å². The molecule has 4 rings (SSSR count). The summed E-state index contributed by atoms with van der Waals surface area (Å²) in [6.07, 6.45) is 1.71. The van der Waals surface area contributed by atoms with Gasteiger partial charge in [0, 0.05) is 51.9 Å². The van der Waals surface area contributed by atoms with Gasteiger partial charge in [0.05, 0.1) is 12.6 Å². The average molecular weight is 389 g/mol. The van der Waals surface area contributed by atoms with Crippen LogP contribution in [0.25, 0.3) is 0 Å². The van der Waals surface area contributed by atoms with Crippen LogP contribution < -0.4 is 9.47 Å². The van der Waals surface area contributed by atoms with Gasteiger partial charge in [0.25, 0.3) is 5.91 Å². The molecule has 1 unspecified atom stereocenters. The Hall–Kier alpha value is -2.32. The van der Waals surface area contributed by atoms with Crippen molar-refractivity contribution < 1.29 is 23.8 Å². The van der Waals surface area contributed by atoms with Crippen LogP contribution in [0, 0.1) is 0 Å². The van der Waals surface area contributed by atoms with Crippen LogP contribution in [0.2, 0.25) is 0 Å². The van der Waals surface area contributed by atoms with Gasteiger partial charge >= 0.3 is 0 Å². The molecule has 0 spiro atoms. The molecule has 152 valence electrons. The molecule has 28 heavy (non-hydrogen) atoms. The second-order valence-corrected chi connectivity index (χ2v) is 7.37. The van der Waals surface area contributed by atoms with Gasteiger partial charge in [-0.05, 0) is 31.0 Å². The predicted octanol–water partition coefficient (Wildman–Crippen LogP) is 0.811. The van der Waals surface area contributed by atoms with Gasteiger partial charge in [-0.1, -0.05) is 0 Å². The first-order chi connectivity index (χ1) is 13.7. The van der Waals surface area contributed by atoms with Crippen LogP contribution in [-0.2, 0) is 9.53 Å². The van der Waals surface area contributed by atoms with E-state index < -0.39 is 0 Å². The van der Waals surface area contributed by atoms with Gasteiger partial charge in [-0.3, -0.25) is 14.5 Å². The summed E-state index contributed by atoms with van der Waals surface area (Å²) in [5.41, 5.74) is 0.611. The van der Waals surface area contributed by atoms with Crippen LogP contribution in [-0.4, -0.2) is 92.3 Å². The molecule has 1 aromatic carbocycles. The number of fused-ring (bicyclic) bond motifs is 1. The van der Waals surface area contributed by atoms with E-state index in [1.165, 1.54) is 0 Å². The number of amides is 2. The molecular formula is C20H27N3O5. The average Bonchev–Trinajstić information content (AvgIpc) is 3.24. The highest BCUT2D eigenvalue weighted by Gasteiger charge is 2.36. The largest absolute Gasteiger partial charge is 0.454 e. The summed E-state index contributed by atoms with van der Waals surface area (Å²) in [5, 5.41) is 0. The zero-order valence-corrected chi connectivity index (χ0v) is 16.3. The minimum absolute atomic E-state index is 0.000352. The van der Waals surface area contributed by atoms with Gasteiger partial charge in [0.2, 0.25) is 12.7 Å².